The number of hydrogen-bond donors (Lipinski definition) is 1. The fourth-order valence-electron chi connectivity index (χ4n) is 0.0656. The van der Waals surface area contributed by atoms with Gasteiger partial charge in [0.1, 0.15) is 0 Å². The number of aliphatic hydroxyl groups is 1. The van der Waals surface area contributed by atoms with Gasteiger partial charge in [-0.25, -0.2) is 4.39 Å². The largest absolute Gasteiger partial charge is 0.485 e. The lowest BCUT2D eigenvalue weighted by molar-refractivity contribution is -0.380. The number of hydrogen-bond acceptors (Lipinski definition) is 2. The van der Waals surface area contributed by atoms with Crippen molar-refractivity contribution in [3.63, 3.8) is 0 Å². The summed E-state index contributed by atoms with van der Waals surface area (Å²) in [4.78, 5) is 0. The Morgan fingerprint density at radius 3 is 2.00 bits per heavy atom. The summed E-state index contributed by atoms with van der Waals surface area (Å²) in [6.45, 7) is -1.69. The Balaban J connectivity index is 3.15. The van der Waals surface area contributed by atoms with E-state index in [1.807, 2.05) is 0 Å². The highest BCUT2D eigenvalue weighted by Crippen LogP contribution is 2.08. The zero-order valence-corrected chi connectivity index (χ0v) is 3.20. The minimum absolute atomic E-state index is 1.69. The second-order valence-corrected chi connectivity index (χ2v) is 0.739. The quantitative estimate of drug-likeness (QED) is 0.531. The van der Waals surface area contributed by atoms with E-state index in [0.717, 1.165) is 0 Å². The Labute approximate surface area is 37.5 Å². The Hall–Kier alpha value is -0.290. The monoisotopic (exact) mass is 116 g/mol. The first kappa shape index (κ1) is 6.71. The van der Waals surface area contributed by atoms with Gasteiger partial charge in [0.25, 0.3) is 0 Å². The minimum Gasteiger partial charge on any atom is -0.311 e. The first-order chi connectivity index (χ1) is 3.06. The van der Waals surface area contributed by atoms with Gasteiger partial charge in [-0.15, -0.1) is 8.78 Å². The molecule has 5 heteroatoms. The van der Waals surface area contributed by atoms with Gasteiger partial charge in [-0.05, 0) is 0 Å². The molecule has 0 bridgehead atoms. The molecule has 0 radical (unpaired) electrons. The maximum absolute atomic E-state index is 10.8. The second kappa shape index (κ2) is 2.13. The van der Waals surface area contributed by atoms with E-state index in [1.54, 1.807) is 0 Å². The normalized spacial score (nSPS) is 12.0. The number of ether oxygens (including phenoxy) is 1. The molecule has 0 amide bonds. The zero-order valence-electron chi connectivity index (χ0n) is 3.20. The molecule has 0 unspecified atom stereocenters. The van der Waals surface area contributed by atoms with Crippen molar-refractivity contribution in [2.45, 2.75) is 6.29 Å². The highest BCUT2D eigenvalue weighted by molar-refractivity contribution is 4.16. The fourth-order valence-corrected chi connectivity index (χ4v) is 0.0656. The number of rotatable bonds is 2. The molecule has 0 heterocycles. The highest BCUT2D eigenvalue weighted by atomic mass is 19.3. The fraction of sp³-hybridized carbons (Fsp3) is 1.00. The van der Waals surface area contributed by atoms with Gasteiger partial charge in [0.2, 0.25) is 0 Å². The van der Waals surface area contributed by atoms with Gasteiger partial charge < -0.3 is 5.11 Å². The first-order valence-corrected chi connectivity index (χ1v) is 1.36. The predicted octanol–water partition coefficient (Wildman–Crippen LogP) is 0.473. The summed E-state index contributed by atoms with van der Waals surface area (Å²) in [6.07, 6.45) is -4.32. The van der Waals surface area contributed by atoms with Crippen LogP contribution in [-0.4, -0.2) is 18.3 Å². The lowest BCUT2D eigenvalue weighted by Gasteiger charge is -2.02. The van der Waals surface area contributed by atoms with Crippen molar-refractivity contribution in [3.8, 4) is 0 Å². The summed E-state index contributed by atoms with van der Waals surface area (Å²) in [6, 6.07) is 0. The van der Waals surface area contributed by atoms with Gasteiger partial charge in [0.05, 0.1) is 0 Å². The topological polar surface area (TPSA) is 29.5 Å². The van der Waals surface area contributed by atoms with Crippen LogP contribution in [0.3, 0.4) is 0 Å². The van der Waals surface area contributed by atoms with Crippen molar-refractivity contribution in [2.75, 3.05) is 6.86 Å². The van der Waals surface area contributed by atoms with Gasteiger partial charge in [0, 0.05) is 0 Å². The van der Waals surface area contributed by atoms with E-state index < -0.39 is 13.2 Å². The average molecular weight is 116 g/mol. The minimum atomic E-state index is -4.32. The molecule has 0 aromatic carbocycles. The van der Waals surface area contributed by atoms with Crippen molar-refractivity contribution in [2.24, 2.45) is 0 Å². The Kier molecular flexibility index (Phi) is 2.04. The van der Waals surface area contributed by atoms with Crippen LogP contribution in [0.2, 0.25) is 0 Å². The molecule has 2 nitrogen and oxygen atoms in total. The smallest absolute Gasteiger partial charge is 0.311 e. The molecule has 0 aliphatic carbocycles. The third kappa shape index (κ3) is 5.71. The van der Waals surface area contributed by atoms with Crippen molar-refractivity contribution < 1.29 is 23.0 Å². The summed E-state index contributed by atoms with van der Waals surface area (Å²) in [5, 5.41) is 7.22. The predicted molar refractivity (Wildman–Crippen MR) is 14.2 cm³/mol. The zero-order chi connectivity index (χ0) is 5.91. The summed E-state index contributed by atoms with van der Waals surface area (Å²) >= 11 is 0. The van der Waals surface area contributed by atoms with Gasteiger partial charge in [-0.1, -0.05) is 0 Å². The van der Waals surface area contributed by atoms with Crippen LogP contribution in [0.1, 0.15) is 0 Å². The van der Waals surface area contributed by atoms with E-state index in [0.29, 0.717) is 0 Å². The van der Waals surface area contributed by atoms with Crippen LogP contribution in [0.25, 0.3) is 0 Å². The Morgan fingerprint density at radius 1 is 1.57 bits per heavy atom. The molecular formula is C2H3F3O2. The summed E-state index contributed by atoms with van der Waals surface area (Å²) < 4.78 is 35.0. The van der Waals surface area contributed by atoms with Crippen LogP contribution in [-0.2, 0) is 4.74 Å². The van der Waals surface area contributed by atoms with Crippen molar-refractivity contribution in [1.29, 1.82) is 0 Å². The van der Waals surface area contributed by atoms with E-state index in [9.17, 15) is 13.2 Å². The third-order valence-corrected chi connectivity index (χ3v) is 0.228. The molecule has 0 saturated heterocycles. The Bertz CT molecular complexity index is 49.4. The molecule has 7 heavy (non-hydrogen) atoms. The van der Waals surface area contributed by atoms with Gasteiger partial charge in [-0.3, -0.25) is 4.74 Å². The van der Waals surface area contributed by atoms with Crippen LogP contribution in [0.4, 0.5) is 13.2 Å². The van der Waals surface area contributed by atoms with Crippen molar-refractivity contribution in [3.05, 3.63) is 0 Å². The molecule has 0 aromatic heterocycles. The molecule has 0 atom stereocenters. The maximum Gasteiger partial charge on any atom is 0.485 e. The summed E-state index contributed by atoms with van der Waals surface area (Å²) in [5.41, 5.74) is 0. The maximum atomic E-state index is 10.8. The molecule has 0 saturated carbocycles. The van der Waals surface area contributed by atoms with Gasteiger partial charge in [0.15, 0.2) is 6.86 Å². The lowest BCUT2D eigenvalue weighted by Crippen LogP contribution is -2.18. The summed E-state index contributed by atoms with van der Waals surface area (Å²) in [7, 11) is 0. The average Bonchev–Trinajstić information content (AvgIpc) is 1.30. The first-order valence-electron chi connectivity index (χ1n) is 1.36. The molecular weight excluding hydrogens is 113 g/mol. The van der Waals surface area contributed by atoms with Crippen LogP contribution >= 0.6 is 0 Å². The van der Waals surface area contributed by atoms with E-state index >= 15 is 0 Å². The summed E-state index contributed by atoms with van der Waals surface area (Å²) in [5.74, 6) is 0. The standard InChI is InChI=1S/C2H3F3O2/c3-1-7-2(4,5)6/h6H,1H2. The van der Waals surface area contributed by atoms with Gasteiger partial charge >= 0.3 is 6.29 Å². The highest BCUT2D eigenvalue weighted by Gasteiger charge is 2.24. The molecule has 1 N–H and O–H groups in total. The van der Waals surface area contributed by atoms with E-state index in [1.165, 1.54) is 0 Å². The second-order valence-electron chi connectivity index (χ2n) is 0.739. The molecule has 44 valence electrons. The van der Waals surface area contributed by atoms with E-state index in [2.05, 4.69) is 4.74 Å². The molecule has 0 spiro atoms. The van der Waals surface area contributed by atoms with Crippen molar-refractivity contribution in [1.82, 2.24) is 0 Å². The molecule has 0 fully saturated rings. The Morgan fingerprint density at radius 2 is 2.00 bits per heavy atom. The molecule has 0 rings (SSSR count). The van der Waals surface area contributed by atoms with Crippen LogP contribution in [0.15, 0.2) is 0 Å². The van der Waals surface area contributed by atoms with E-state index in [-0.39, 0.29) is 0 Å². The van der Waals surface area contributed by atoms with E-state index in [4.69, 9.17) is 5.11 Å². The van der Waals surface area contributed by atoms with Crippen molar-refractivity contribution >= 4 is 0 Å². The SMILES string of the molecule is OC(F)(F)OCF. The molecule has 0 aliphatic rings. The third-order valence-electron chi connectivity index (χ3n) is 0.228. The lowest BCUT2D eigenvalue weighted by atomic mass is 11.2. The number of alkyl halides is 3. The van der Waals surface area contributed by atoms with Crippen LogP contribution in [0.5, 0.6) is 0 Å². The van der Waals surface area contributed by atoms with Gasteiger partial charge in [-0.2, -0.15) is 0 Å². The van der Waals surface area contributed by atoms with Crippen LogP contribution < -0.4 is 0 Å². The van der Waals surface area contributed by atoms with Crippen LogP contribution in [0, 0.1) is 0 Å². The number of halogens is 3. The molecule has 0 aliphatic heterocycles. The molecule has 0 aromatic rings.